The molecule has 1 atom stereocenters. The van der Waals surface area contributed by atoms with Crippen LogP contribution >= 0.6 is 23.2 Å². The first-order valence-electron chi connectivity index (χ1n) is 7.60. The van der Waals surface area contributed by atoms with E-state index in [2.05, 4.69) is 15.0 Å². The molecule has 10 heteroatoms. The van der Waals surface area contributed by atoms with Crippen molar-refractivity contribution in [3.63, 3.8) is 0 Å². The fourth-order valence-corrected chi connectivity index (χ4v) is 5.35. The molecule has 138 valence electrons. The molecule has 1 aliphatic heterocycles. The standard InChI is InChI=1S/C16H15Cl2N3O3S2/c17-12-5-4-11(8-13(12)18)9-19-6-7-21-26(23,24)15-3-1-2-14-16(15)25(22)10-20-14/h1-5,8,10,19,21H,6-7,9H2. The van der Waals surface area contributed by atoms with Gasteiger partial charge in [0.1, 0.15) is 4.90 Å². The van der Waals surface area contributed by atoms with Crippen LogP contribution in [0, 0.1) is 0 Å². The number of nitrogens with zero attached hydrogens (tertiary/aromatic N) is 1. The Morgan fingerprint density at radius 3 is 2.65 bits per heavy atom. The van der Waals surface area contributed by atoms with Gasteiger partial charge in [0, 0.05) is 19.6 Å². The summed E-state index contributed by atoms with van der Waals surface area (Å²) >= 11 is 11.8. The molecule has 1 unspecified atom stereocenters. The van der Waals surface area contributed by atoms with Gasteiger partial charge in [0.25, 0.3) is 0 Å². The highest BCUT2D eigenvalue weighted by atomic mass is 35.5. The molecule has 0 saturated heterocycles. The number of hydrogen-bond acceptors (Lipinski definition) is 5. The third kappa shape index (κ3) is 4.33. The quantitative estimate of drug-likeness (QED) is 0.659. The average molecular weight is 432 g/mol. The number of hydrogen-bond donors (Lipinski definition) is 2. The number of fused-ring (bicyclic) bond motifs is 1. The van der Waals surface area contributed by atoms with E-state index in [1.165, 1.54) is 11.6 Å². The lowest BCUT2D eigenvalue weighted by Crippen LogP contribution is -2.32. The van der Waals surface area contributed by atoms with Crippen LogP contribution in [0.1, 0.15) is 5.56 Å². The number of rotatable bonds is 7. The summed E-state index contributed by atoms with van der Waals surface area (Å²) in [5.41, 5.74) is 2.60. The predicted octanol–water partition coefficient (Wildman–Crippen LogP) is 2.84. The third-order valence-corrected chi connectivity index (χ3v) is 7.14. The molecule has 0 amide bonds. The lowest BCUT2D eigenvalue weighted by molar-refractivity contribution is 0.573. The lowest BCUT2D eigenvalue weighted by atomic mass is 10.2. The van der Waals surface area contributed by atoms with E-state index in [1.807, 2.05) is 6.07 Å². The summed E-state index contributed by atoms with van der Waals surface area (Å²) in [7, 11) is -5.32. The monoisotopic (exact) mass is 431 g/mol. The lowest BCUT2D eigenvalue weighted by Gasteiger charge is -2.10. The molecule has 26 heavy (non-hydrogen) atoms. The van der Waals surface area contributed by atoms with Crippen molar-refractivity contribution >= 4 is 55.3 Å². The van der Waals surface area contributed by atoms with Crippen LogP contribution in [0.15, 0.2) is 51.2 Å². The second-order valence-corrected chi connectivity index (χ2v) is 9.22. The van der Waals surface area contributed by atoms with E-state index in [4.69, 9.17) is 23.2 Å². The van der Waals surface area contributed by atoms with Gasteiger partial charge >= 0.3 is 0 Å². The molecule has 1 aliphatic rings. The molecule has 3 rings (SSSR count). The van der Waals surface area contributed by atoms with Gasteiger partial charge in [0.15, 0.2) is 0 Å². The maximum atomic E-state index is 12.5. The summed E-state index contributed by atoms with van der Waals surface area (Å²) in [5, 5.41) is 4.08. The highest BCUT2D eigenvalue weighted by molar-refractivity contribution is 7.99. The largest absolute Gasteiger partial charge is 0.311 e. The predicted molar refractivity (Wildman–Crippen MR) is 104 cm³/mol. The number of sulfonamides is 1. The van der Waals surface area contributed by atoms with Crippen molar-refractivity contribution in [3.8, 4) is 0 Å². The topological polar surface area (TPSA) is 87.6 Å². The summed E-state index contributed by atoms with van der Waals surface area (Å²) in [6.45, 7) is 1.12. The molecular formula is C16H15Cl2N3O3S2. The third-order valence-electron chi connectivity index (χ3n) is 3.64. The van der Waals surface area contributed by atoms with Crippen molar-refractivity contribution in [1.29, 1.82) is 0 Å². The van der Waals surface area contributed by atoms with Gasteiger partial charge in [-0.25, -0.2) is 22.3 Å². The fraction of sp³-hybridized carbons (Fsp3) is 0.188. The molecule has 0 aromatic heterocycles. The molecule has 2 aromatic rings. The SMILES string of the molecule is O=S1C=Nc2cccc(S(=O)(=O)NCCNCc3ccc(Cl)c(Cl)c3)c21. The number of benzene rings is 2. The smallest absolute Gasteiger partial charge is 0.241 e. The zero-order valence-electron chi connectivity index (χ0n) is 13.4. The Balaban J connectivity index is 1.56. The highest BCUT2D eigenvalue weighted by Crippen LogP contribution is 2.32. The van der Waals surface area contributed by atoms with E-state index in [0.717, 1.165) is 5.56 Å². The maximum absolute atomic E-state index is 12.5. The van der Waals surface area contributed by atoms with Crippen molar-refractivity contribution < 1.29 is 12.6 Å². The zero-order valence-corrected chi connectivity index (χ0v) is 16.6. The summed E-state index contributed by atoms with van der Waals surface area (Å²) in [6, 6.07) is 9.95. The van der Waals surface area contributed by atoms with Crippen LogP contribution < -0.4 is 10.0 Å². The Hall–Kier alpha value is -1.29. The average Bonchev–Trinajstić information content (AvgIpc) is 2.99. The van der Waals surface area contributed by atoms with E-state index in [9.17, 15) is 12.6 Å². The van der Waals surface area contributed by atoms with Gasteiger partial charge in [-0.15, -0.1) is 0 Å². The minimum Gasteiger partial charge on any atom is -0.311 e. The van der Waals surface area contributed by atoms with E-state index in [1.54, 1.807) is 24.3 Å². The van der Waals surface area contributed by atoms with Gasteiger partial charge in [-0.1, -0.05) is 35.3 Å². The molecule has 0 fully saturated rings. The fourth-order valence-electron chi connectivity index (χ4n) is 2.41. The first-order chi connectivity index (χ1) is 12.4. The van der Waals surface area contributed by atoms with Gasteiger partial charge in [-0.2, -0.15) is 0 Å². The second-order valence-electron chi connectivity index (χ2n) is 5.46. The summed E-state index contributed by atoms with van der Waals surface area (Å²) in [6.07, 6.45) is 0. The molecule has 0 saturated carbocycles. The van der Waals surface area contributed by atoms with Crippen molar-refractivity contribution in [1.82, 2.24) is 10.0 Å². The van der Waals surface area contributed by atoms with E-state index in [0.29, 0.717) is 28.8 Å². The van der Waals surface area contributed by atoms with E-state index in [-0.39, 0.29) is 16.3 Å². The van der Waals surface area contributed by atoms with Gasteiger partial charge in [0.2, 0.25) is 10.0 Å². The van der Waals surface area contributed by atoms with Crippen LogP contribution in [0.3, 0.4) is 0 Å². The number of halogens is 2. The van der Waals surface area contributed by atoms with Crippen LogP contribution in [-0.2, 0) is 27.4 Å². The van der Waals surface area contributed by atoms with E-state index >= 15 is 0 Å². The van der Waals surface area contributed by atoms with E-state index < -0.39 is 20.8 Å². The number of aliphatic imine (C=N–C) groups is 1. The summed E-state index contributed by atoms with van der Waals surface area (Å²) < 4.78 is 39.4. The molecule has 0 aliphatic carbocycles. The first kappa shape index (κ1) is 19.5. The Bertz CT molecular complexity index is 994. The van der Waals surface area contributed by atoms with Crippen molar-refractivity contribution in [2.75, 3.05) is 13.1 Å². The molecule has 2 N–H and O–H groups in total. The zero-order chi connectivity index (χ0) is 18.7. The number of nitrogens with one attached hydrogen (secondary N) is 2. The van der Waals surface area contributed by atoms with Crippen LogP contribution in [0.2, 0.25) is 10.0 Å². The van der Waals surface area contributed by atoms with Crippen LogP contribution in [0.4, 0.5) is 5.69 Å². The molecule has 0 spiro atoms. The van der Waals surface area contributed by atoms with Crippen LogP contribution in [0.25, 0.3) is 0 Å². The molecule has 0 bridgehead atoms. The summed E-state index contributed by atoms with van der Waals surface area (Å²) in [4.78, 5) is 4.18. The van der Waals surface area contributed by atoms with Crippen LogP contribution in [0.5, 0.6) is 0 Å². The maximum Gasteiger partial charge on any atom is 0.241 e. The van der Waals surface area contributed by atoms with Crippen molar-refractivity contribution in [2.24, 2.45) is 4.99 Å². The molecule has 1 heterocycles. The molecular weight excluding hydrogens is 417 g/mol. The normalized spacial score (nSPS) is 16.0. The minimum absolute atomic E-state index is 0.00434. The van der Waals surface area contributed by atoms with Gasteiger partial charge in [0.05, 0.1) is 37.0 Å². The second kappa shape index (κ2) is 8.16. The molecule has 2 aromatic carbocycles. The highest BCUT2D eigenvalue weighted by Gasteiger charge is 2.26. The Kier molecular flexibility index (Phi) is 6.11. The minimum atomic E-state index is -3.78. The Labute approximate surface area is 164 Å². The van der Waals surface area contributed by atoms with Crippen molar-refractivity contribution in [3.05, 3.63) is 52.0 Å². The Morgan fingerprint density at radius 1 is 1.08 bits per heavy atom. The first-order valence-corrected chi connectivity index (χ1v) is 11.1. The Morgan fingerprint density at radius 2 is 1.88 bits per heavy atom. The van der Waals surface area contributed by atoms with Gasteiger partial charge in [-0.05, 0) is 29.8 Å². The van der Waals surface area contributed by atoms with Crippen molar-refractivity contribution in [2.45, 2.75) is 16.3 Å². The molecule has 6 nitrogen and oxygen atoms in total. The van der Waals surface area contributed by atoms with Gasteiger partial charge < -0.3 is 5.32 Å². The molecule has 0 radical (unpaired) electrons. The summed E-state index contributed by atoms with van der Waals surface area (Å²) in [5.74, 6) is 0. The van der Waals surface area contributed by atoms with Crippen LogP contribution in [-0.4, -0.2) is 31.3 Å². The van der Waals surface area contributed by atoms with Gasteiger partial charge in [-0.3, -0.25) is 0 Å².